The number of H-pyrrole nitrogens is 4. The fourth-order valence-electron chi connectivity index (χ4n) is 5.78. The molecule has 410 valence electrons. The lowest BCUT2D eigenvalue weighted by Gasteiger charge is -2.03. The van der Waals surface area contributed by atoms with Crippen LogP contribution in [0.5, 0.6) is 23.5 Å². The van der Waals surface area contributed by atoms with Crippen molar-refractivity contribution in [1.29, 1.82) is 0 Å². The van der Waals surface area contributed by atoms with Gasteiger partial charge < -0.3 is 18.9 Å². The van der Waals surface area contributed by atoms with Gasteiger partial charge in [-0.05, 0) is 104 Å². The maximum atomic E-state index is 13.7. The van der Waals surface area contributed by atoms with E-state index < -0.39 is 17.3 Å². The number of tetrazole rings is 4. The number of hydrogen-bond donors (Lipinski definition) is 4. The molecule has 0 saturated heterocycles. The Kier molecular flexibility index (Phi) is 15.5. The number of hydrogen-bond acceptors (Lipinski definition) is 28. The summed E-state index contributed by atoms with van der Waals surface area (Å²) in [6.07, 6.45) is 7.29. The minimum atomic E-state index is -0.752. The van der Waals surface area contributed by atoms with E-state index in [9.17, 15) is 23.6 Å². The lowest BCUT2D eigenvalue weighted by molar-refractivity contribution is 0.286. The van der Waals surface area contributed by atoms with Gasteiger partial charge in [0.2, 0.25) is 29.5 Å². The number of aryl methyl sites for hydroxylation is 4. The van der Waals surface area contributed by atoms with Crippen molar-refractivity contribution in [2.24, 2.45) is 28.2 Å². The summed E-state index contributed by atoms with van der Waals surface area (Å²) in [5, 5.41) is 49.8. The van der Waals surface area contributed by atoms with Crippen molar-refractivity contribution in [3.8, 4) is 43.5 Å². The zero-order valence-electron chi connectivity index (χ0n) is 44.1. The molecule has 0 unspecified atom stereocenters. The Morgan fingerprint density at radius 1 is 0.519 bits per heavy atom. The van der Waals surface area contributed by atoms with Crippen LogP contribution < -0.4 is 41.7 Å². The van der Waals surface area contributed by atoms with E-state index in [0.717, 1.165) is 99.3 Å². The standard InChI is InChI=1S/C9H8BrN7O2S.C9H8ClN7O2S.C9H8FN7O2S.C9H9N7O2S/c3*1-16-9(18)17(15-14-16)8-5(7(10)13-20-8)4-19-6-2-3-11-12-6;1-15-9(17)16(14-13-15)8-6(4-11-19-8)5-18-7-2-3-10-12-7/h3*2-3H,4H2,1H3,(H,11,12);2-4H,5H2,1H3,(H,10,12)/i/hT4. The second-order valence-corrected chi connectivity index (χ2v) is 18.9. The Labute approximate surface area is 471 Å². The van der Waals surface area contributed by atoms with Crippen LogP contribution in [-0.4, -0.2) is 137 Å². The number of aromatic nitrogens is 28. The lowest BCUT2D eigenvalue weighted by atomic mass is 10.3. The molecule has 0 fully saturated rings. The molecule has 12 heterocycles. The topological polar surface area (TPSA) is 414 Å². The number of nitrogens with zero attached hydrogens (tertiary/aromatic N) is 24. The molecule has 0 radical (unpaired) electrons. The monoisotopic (exact) mass is 1250 g/mol. The van der Waals surface area contributed by atoms with Crippen LogP contribution in [-0.2, 0) is 54.6 Å². The van der Waals surface area contributed by atoms with E-state index in [2.05, 4.69) is 95.5 Å². The maximum absolute atomic E-state index is 13.7. The number of nitrogens with one attached hydrogen (secondary N) is 4. The zero-order chi connectivity index (χ0) is 59.1. The summed E-state index contributed by atoms with van der Waals surface area (Å²) in [4.78, 5) is 47.3. The van der Waals surface area contributed by atoms with Crippen molar-refractivity contribution in [2.45, 2.75) is 26.4 Å². The molecule has 0 amide bonds. The highest BCUT2D eigenvalue weighted by molar-refractivity contribution is 9.10. The molecule has 0 spiro atoms. The van der Waals surface area contributed by atoms with Gasteiger partial charge in [0.05, 0.1) is 16.7 Å². The fraction of sp³-hybridized carbons (Fsp3) is 0.222. The van der Waals surface area contributed by atoms with E-state index in [1.54, 1.807) is 18.3 Å². The van der Waals surface area contributed by atoms with Crippen LogP contribution in [0.4, 0.5) is 4.39 Å². The fourth-order valence-corrected chi connectivity index (χ4v) is 9.63. The molecule has 0 saturated carbocycles. The van der Waals surface area contributed by atoms with E-state index in [1.165, 1.54) is 69.8 Å². The Morgan fingerprint density at radius 2 is 0.886 bits per heavy atom. The number of rotatable bonds is 16. The largest absolute Gasteiger partial charge is 0.472 e. The summed E-state index contributed by atoms with van der Waals surface area (Å²) in [6.45, 7) is 0.153. The molecular formula is C36H33BrClFN28O8S4. The molecule has 12 aromatic heterocycles. The third-order valence-corrected chi connectivity index (χ3v) is 14.4. The highest BCUT2D eigenvalue weighted by atomic mass is 79.9. The third-order valence-electron chi connectivity index (χ3n) is 9.67. The van der Waals surface area contributed by atoms with Crippen molar-refractivity contribution in [2.75, 3.05) is 0 Å². The first-order valence-electron chi connectivity index (χ1n) is 23.2. The molecule has 43 heteroatoms. The average molecular weight is 1260 g/mol. The average Bonchev–Trinajstić information content (AvgIpc) is 4.29. The predicted octanol–water partition coefficient (Wildman–Crippen LogP) is 0.453. The zero-order valence-corrected chi connectivity index (χ0v) is 45.7. The van der Waals surface area contributed by atoms with Gasteiger partial charge in [-0.3, -0.25) is 20.4 Å². The minimum absolute atomic E-state index is 0.0463. The van der Waals surface area contributed by atoms with Crippen LogP contribution in [0.15, 0.2) is 79.0 Å². The van der Waals surface area contributed by atoms with Crippen molar-refractivity contribution >= 4 is 73.7 Å². The third kappa shape index (κ3) is 12.6. The summed E-state index contributed by atoms with van der Waals surface area (Å²) >= 11 is 13.3. The minimum Gasteiger partial charge on any atom is -0.472 e. The van der Waals surface area contributed by atoms with E-state index >= 15 is 0 Å². The van der Waals surface area contributed by atoms with Gasteiger partial charge in [-0.15, -0.1) is 39.1 Å². The van der Waals surface area contributed by atoms with Crippen LogP contribution in [0.1, 0.15) is 22.3 Å². The summed E-state index contributed by atoms with van der Waals surface area (Å²) in [7, 11) is 5.95. The van der Waals surface area contributed by atoms with Crippen molar-refractivity contribution < 1.29 is 29.0 Å². The molecule has 12 rings (SSSR count). The van der Waals surface area contributed by atoms with Crippen LogP contribution in [0.3, 0.4) is 0 Å². The molecule has 0 aliphatic carbocycles. The normalized spacial score (nSPS) is 11.6. The highest BCUT2D eigenvalue weighted by Gasteiger charge is 2.22. The summed E-state index contributed by atoms with van der Waals surface area (Å²) < 4.78 is 89.3. The maximum Gasteiger partial charge on any atom is 0.369 e. The molecule has 0 aromatic carbocycles. The molecule has 0 aliphatic heterocycles. The van der Waals surface area contributed by atoms with Gasteiger partial charge in [-0.25, -0.2) is 19.2 Å². The molecule has 0 atom stereocenters. The van der Waals surface area contributed by atoms with E-state index in [-0.39, 0.29) is 65.3 Å². The summed E-state index contributed by atoms with van der Waals surface area (Å²) in [5.41, 5.74) is 0.265. The van der Waals surface area contributed by atoms with Gasteiger partial charge in [-0.2, -0.15) is 40.6 Å². The smallest absolute Gasteiger partial charge is 0.369 e. The Morgan fingerprint density at radius 3 is 1.30 bits per heavy atom. The van der Waals surface area contributed by atoms with Gasteiger partial charge in [0, 0.05) is 89.0 Å². The first-order valence-corrected chi connectivity index (χ1v) is 25.6. The number of ether oxygens (including phenoxy) is 4. The van der Waals surface area contributed by atoms with Gasteiger partial charge in [0.25, 0.3) is 0 Å². The van der Waals surface area contributed by atoms with Crippen LogP contribution in [0.25, 0.3) is 20.0 Å². The Hall–Kier alpha value is -9.26. The van der Waals surface area contributed by atoms with Gasteiger partial charge in [-0.1, -0.05) is 11.6 Å². The van der Waals surface area contributed by atoms with Gasteiger partial charge in [0.15, 0.2) is 30.8 Å². The first-order chi connectivity index (χ1) is 39.8. The number of aromatic amines is 4. The molecule has 0 aliphatic rings. The van der Waals surface area contributed by atoms with Crippen molar-refractivity contribution in [3.05, 3.63) is 135 Å². The molecular weight excluding hydrogens is 1220 g/mol. The van der Waals surface area contributed by atoms with E-state index in [0.29, 0.717) is 48.1 Å². The molecule has 79 heavy (non-hydrogen) atoms. The quantitative estimate of drug-likeness (QED) is 0.102. The van der Waals surface area contributed by atoms with E-state index in [4.69, 9.17) is 36.2 Å². The Balaban J connectivity index is 0.000000133. The second kappa shape index (κ2) is 24.8. The summed E-state index contributed by atoms with van der Waals surface area (Å²) in [6, 6.07) is 6.13. The highest BCUT2D eigenvalue weighted by Crippen LogP contribution is 2.29. The van der Waals surface area contributed by atoms with Crippen LogP contribution >= 0.6 is 73.7 Å². The Bertz CT molecular complexity index is 4070. The molecule has 4 N–H and O–H groups in total. The molecule has 0 bridgehead atoms. The SMILES string of the molecule is [3H]n1ccc(OCc2c(Br)nsc2-n2nnn(C)c2=O)n1.[3H]n1ccc(OCc2c(Cl)nsc2-n2nnn(C)c2=O)n1.[3H]n1ccc(OCc2c(F)nsc2-n2nnn(C)c2=O)n1.[3H]n1ccc(OCc2cnsc2-n2nnn(C)c2=O)n1. The number of halogens is 3. The first kappa shape index (κ1) is 49.3. The predicted molar refractivity (Wildman–Crippen MR) is 273 cm³/mol. The molecule has 12 aromatic rings. The van der Waals surface area contributed by atoms with Crippen LogP contribution in [0.2, 0.25) is 10.8 Å². The summed E-state index contributed by atoms with van der Waals surface area (Å²) in [5.74, 6) is 0.305. The van der Waals surface area contributed by atoms with Crippen molar-refractivity contribution in [1.82, 2.24) is 137 Å². The van der Waals surface area contributed by atoms with Gasteiger partial charge >= 0.3 is 22.8 Å². The van der Waals surface area contributed by atoms with Crippen molar-refractivity contribution in [3.63, 3.8) is 0 Å². The second-order valence-electron chi connectivity index (χ2n) is 14.7. The van der Waals surface area contributed by atoms with Crippen LogP contribution in [0, 0.1) is 5.95 Å². The lowest BCUT2D eigenvalue weighted by Crippen LogP contribution is -2.22. The van der Waals surface area contributed by atoms with E-state index in [1.807, 2.05) is 0 Å². The van der Waals surface area contributed by atoms with Gasteiger partial charge in [0.1, 0.15) is 31.0 Å². The molecule has 36 nitrogen and oxygen atoms in total.